The van der Waals surface area contributed by atoms with Crippen molar-refractivity contribution in [1.29, 1.82) is 0 Å². The number of H-pyrrole nitrogens is 1. The van der Waals surface area contributed by atoms with Crippen LogP contribution in [0.4, 0.5) is 0 Å². The van der Waals surface area contributed by atoms with Crippen molar-refractivity contribution in [3.8, 4) is 5.88 Å². The molecule has 1 aromatic rings. The molecule has 108 valence electrons. The summed E-state index contributed by atoms with van der Waals surface area (Å²) in [5, 5.41) is 10.3. The van der Waals surface area contributed by atoms with Crippen molar-refractivity contribution in [1.82, 2.24) is 9.97 Å². The molecule has 0 aliphatic rings. The first-order chi connectivity index (χ1) is 9.12. The van der Waals surface area contributed by atoms with E-state index in [1.165, 1.54) is 16.7 Å². The zero-order valence-electron chi connectivity index (χ0n) is 12.0. The Morgan fingerprint density at radius 2 is 2.00 bits per heavy atom. The number of hydrogen-bond donors (Lipinski definition) is 3. The second-order valence-electron chi connectivity index (χ2n) is 4.48. The summed E-state index contributed by atoms with van der Waals surface area (Å²) in [7, 11) is 0. The van der Waals surface area contributed by atoms with E-state index in [-0.39, 0.29) is 11.4 Å². The quantitative estimate of drug-likeness (QED) is 0.479. The minimum Gasteiger partial charge on any atom is -0.493 e. The average molecular weight is 286 g/mol. The number of hydrogen-bond acceptors (Lipinski definition) is 4. The summed E-state index contributed by atoms with van der Waals surface area (Å²) in [5.41, 5.74) is 0.174. The highest BCUT2D eigenvalue weighted by molar-refractivity contribution is 7.99. The Bertz CT molecular complexity index is 444. The highest BCUT2D eigenvalue weighted by atomic mass is 32.2. The Morgan fingerprint density at radius 1 is 1.32 bits per heavy atom. The summed E-state index contributed by atoms with van der Waals surface area (Å²) in [6.45, 7) is 9.51. The van der Waals surface area contributed by atoms with Crippen LogP contribution >= 0.6 is 11.8 Å². The van der Waals surface area contributed by atoms with Crippen molar-refractivity contribution in [2.24, 2.45) is 0 Å². The van der Waals surface area contributed by atoms with Gasteiger partial charge in [-0.2, -0.15) is 4.98 Å². The lowest BCUT2D eigenvalue weighted by molar-refractivity contribution is -0.893. The van der Waals surface area contributed by atoms with E-state index in [4.69, 9.17) is 0 Å². The Balaban J connectivity index is 2.63. The van der Waals surface area contributed by atoms with Gasteiger partial charge in [0, 0.05) is 0 Å². The van der Waals surface area contributed by atoms with E-state index < -0.39 is 0 Å². The third kappa shape index (κ3) is 4.87. The number of quaternary nitrogens is 1. The normalized spacial score (nSPS) is 11.2. The smallest absolute Gasteiger partial charge is 0.258 e. The van der Waals surface area contributed by atoms with Gasteiger partial charge in [-0.25, -0.2) is 0 Å². The lowest BCUT2D eigenvalue weighted by atomic mass is 10.2. The van der Waals surface area contributed by atoms with Gasteiger partial charge in [0.05, 0.1) is 31.0 Å². The van der Waals surface area contributed by atoms with E-state index in [9.17, 15) is 9.90 Å². The van der Waals surface area contributed by atoms with Crippen LogP contribution in [0.5, 0.6) is 5.88 Å². The maximum absolute atomic E-state index is 11.8. The van der Waals surface area contributed by atoms with Gasteiger partial charge in [0.2, 0.25) is 5.88 Å². The maximum atomic E-state index is 11.8. The first-order valence-electron chi connectivity index (χ1n) is 6.90. The van der Waals surface area contributed by atoms with Crippen LogP contribution in [0.25, 0.3) is 0 Å². The van der Waals surface area contributed by atoms with E-state index >= 15 is 0 Å². The Hall–Kier alpha value is -1.01. The van der Waals surface area contributed by atoms with Crippen molar-refractivity contribution >= 4 is 11.8 Å². The van der Waals surface area contributed by atoms with Crippen molar-refractivity contribution in [2.45, 2.75) is 38.8 Å². The molecule has 0 aliphatic heterocycles. The number of nitrogens with one attached hydrogen (secondary N) is 2. The zero-order chi connectivity index (χ0) is 14.3. The zero-order valence-corrected chi connectivity index (χ0v) is 12.8. The van der Waals surface area contributed by atoms with Crippen molar-refractivity contribution < 1.29 is 10.0 Å². The topological polar surface area (TPSA) is 70.4 Å². The Kier molecular flexibility index (Phi) is 6.94. The first-order valence-corrected chi connectivity index (χ1v) is 7.89. The molecule has 0 aromatic carbocycles. The lowest BCUT2D eigenvalue weighted by Crippen LogP contribution is -3.11. The molecular weight excluding hydrogens is 262 g/mol. The largest absolute Gasteiger partial charge is 0.493 e. The number of thioether (sulfide) groups is 1. The fraction of sp³-hybridized carbons (Fsp3) is 0.692. The van der Waals surface area contributed by atoms with Gasteiger partial charge in [-0.15, -0.1) is 0 Å². The van der Waals surface area contributed by atoms with E-state index in [0.29, 0.717) is 17.1 Å². The van der Waals surface area contributed by atoms with Gasteiger partial charge >= 0.3 is 0 Å². The molecule has 1 rings (SSSR count). The summed E-state index contributed by atoms with van der Waals surface area (Å²) in [5.74, 6) is 0.760. The molecule has 1 aromatic heterocycles. The first kappa shape index (κ1) is 16.0. The molecule has 0 amide bonds. The van der Waals surface area contributed by atoms with Crippen molar-refractivity contribution in [3.63, 3.8) is 0 Å². The van der Waals surface area contributed by atoms with E-state index in [0.717, 1.165) is 31.8 Å². The van der Waals surface area contributed by atoms with Gasteiger partial charge < -0.3 is 15.0 Å². The van der Waals surface area contributed by atoms with Gasteiger partial charge in [0.1, 0.15) is 0 Å². The monoisotopic (exact) mass is 286 g/mol. The van der Waals surface area contributed by atoms with Gasteiger partial charge in [0.15, 0.2) is 5.16 Å². The van der Waals surface area contributed by atoms with Gasteiger partial charge in [-0.1, -0.05) is 25.1 Å². The molecule has 0 atom stereocenters. The summed E-state index contributed by atoms with van der Waals surface area (Å²) < 4.78 is 0. The molecule has 0 saturated heterocycles. The molecule has 0 spiro atoms. The molecule has 3 N–H and O–H groups in total. The van der Waals surface area contributed by atoms with Gasteiger partial charge in [-0.05, 0) is 20.3 Å². The molecule has 0 bridgehead atoms. The lowest BCUT2D eigenvalue weighted by Gasteiger charge is -2.14. The van der Waals surface area contributed by atoms with Crippen LogP contribution in [0.2, 0.25) is 0 Å². The minimum atomic E-state index is -0.216. The Morgan fingerprint density at radius 3 is 2.53 bits per heavy atom. The molecule has 6 heteroatoms. The SMILES string of the molecule is CCCc1c(O)nc(SCC[NH+](CC)CC)[nH]c1=O. The minimum absolute atomic E-state index is 0.122. The Labute approximate surface area is 118 Å². The van der Waals surface area contributed by atoms with Crippen LogP contribution in [0.15, 0.2) is 9.95 Å². The highest BCUT2D eigenvalue weighted by Crippen LogP contribution is 2.16. The predicted molar refractivity (Wildman–Crippen MR) is 78.2 cm³/mol. The molecule has 1 heterocycles. The molecule has 0 fully saturated rings. The van der Waals surface area contributed by atoms with E-state index in [1.807, 2.05) is 6.92 Å². The average Bonchev–Trinajstić information content (AvgIpc) is 2.39. The highest BCUT2D eigenvalue weighted by Gasteiger charge is 2.10. The summed E-state index contributed by atoms with van der Waals surface area (Å²) in [4.78, 5) is 20.1. The number of rotatable bonds is 8. The molecule has 0 radical (unpaired) electrons. The van der Waals surface area contributed by atoms with Crippen LogP contribution in [0.3, 0.4) is 0 Å². The molecular formula is C13H24N3O2S+. The fourth-order valence-corrected chi connectivity index (χ4v) is 2.80. The van der Waals surface area contributed by atoms with Crippen molar-refractivity contribution in [2.75, 3.05) is 25.4 Å². The van der Waals surface area contributed by atoms with Crippen LogP contribution in [0.1, 0.15) is 32.8 Å². The number of aromatic amines is 1. The van der Waals surface area contributed by atoms with Crippen molar-refractivity contribution in [3.05, 3.63) is 15.9 Å². The molecule has 5 nitrogen and oxygen atoms in total. The second-order valence-corrected chi connectivity index (χ2v) is 5.56. The van der Waals surface area contributed by atoms with Crippen LogP contribution < -0.4 is 10.5 Å². The van der Waals surface area contributed by atoms with Gasteiger partial charge in [-0.3, -0.25) is 4.79 Å². The maximum Gasteiger partial charge on any atom is 0.258 e. The molecule has 0 unspecified atom stereocenters. The molecule has 0 saturated carbocycles. The summed E-state index contributed by atoms with van der Waals surface area (Å²) in [6, 6.07) is 0. The van der Waals surface area contributed by atoms with Gasteiger partial charge in [0.25, 0.3) is 5.56 Å². The number of aromatic nitrogens is 2. The third-order valence-electron chi connectivity index (χ3n) is 3.17. The standard InChI is InChI=1S/C13H23N3O2S/c1-4-7-10-11(17)14-13(15-12(10)18)19-9-8-16(5-2)6-3/h4-9H2,1-3H3,(H2,14,15,17,18)/p+1. The fourth-order valence-electron chi connectivity index (χ4n) is 1.91. The van der Waals surface area contributed by atoms with Crippen LogP contribution in [0, 0.1) is 0 Å². The predicted octanol–water partition coefficient (Wildman–Crippen LogP) is 0.445. The van der Waals surface area contributed by atoms with E-state index in [2.05, 4.69) is 23.8 Å². The van der Waals surface area contributed by atoms with Crippen LogP contribution in [-0.4, -0.2) is 40.5 Å². The van der Waals surface area contributed by atoms with E-state index in [1.54, 1.807) is 0 Å². The molecule has 19 heavy (non-hydrogen) atoms. The summed E-state index contributed by atoms with van der Waals surface area (Å²) in [6.07, 6.45) is 1.37. The number of nitrogens with zero attached hydrogens (tertiary/aromatic N) is 1. The summed E-state index contributed by atoms with van der Waals surface area (Å²) >= 11 is 1.49. The third-order valence-corrected chi connectivity index (χ3v) is 4.04. The number of aromatic hydroxyl groups is 1. The molecule has 0 aliphatic carbocycles. The van der Waals surface area contributed by atoms with Crippen LogP contribution in [-0.2, 0) is 6.42 Å². The second kappa shape index (κ2) is 8.22.